The van der Waals surface area contributed by atoms with E-state index in [4.69, 9.17) is 0 Å². The van der Waals surface area contributed by atoms with Crippen molar-refractivity contribution in [3.63, 3.8) is 0 Å². The largest absolute Gasteiger partial charge is 0.365 e. The van der Waals surface area contributed by atoms with Crippen LogP contribution in [0.1, 0.15) is 20.8 Å². The Balaban J connectivity index is 1.99. The minimum Gasteiger partial charge on any atom is -0.365 e. The summed E-state index contributed by atoms with van der Waals surface area (Å²) >= 11 is 0. The van der Waals surface area contributed by atoms with Crippen LogP contribution in [0.4, 0.5) is 17.3 Å². The van der Waals surface area contributed by atoms with Gasteiger partial charge in [0.05, 0.1) is 0 Å². The van der Waals surface area contributed by atoms with Crippen molar-refractivity contribution in [3.05, 3.63) is 66.7 Å². The predicted molar refractivity (Wildman–Crippen MR) is 101 cm³/mol. The smallest absolute Gasteiger partial charge is 0.163 e. The van der Waals surface area contributed by atoms with Gasteiger partial charge in [0.25, 0.3) is 0 Å². The molecule has 2 aromatic carbocycles. The molecule has 0 amide bonds. The molecular formula is C20H22N4. The molecule has 0 saturated carbocycles. The van der Waals surface area contributed by atoms with Gasteiger partial charge in [-0.25, -0.2) is 9.97 Å². The summed E-state index contributed by atoms with van der Waals surface area (Å²) in [5.41, 5.74) is 1.91. The van der Waals surface area contributed by atoms with E-state index in [9.17, 15) is 0 Å². The van der Waals surface area contributed by atoms with Crippen LogP contribution in [0.2, 0.25) is 0 Å². The van der Waals surface area contributed by atoms with Gasteiger partial charge >= 0.3 is 0 Å². The van der Waals surface area contributed by atoms with Gasteiger partial charge in [0, 0.05) is 22.9 Å². The molecule has 0 saturated heterocycles. The topological polar surface area (TPSA) is 49.8 Å². The average molecular weight is 318 g/mol. The lowest BCUT2D eigenvalue weighted by atomic mass is 10.1. The maximum atomic E-state index is 4.67. The Morgan fingerprint density at radius 1 is 0.750 bits per heavy atom. The van der Waals surface area contributed by atoms with Crippen molar-refractivity contribution in [2.24, 2.45) is 0 Å². The number of rotatable bonds is 4. The molecule has 4 heteroatoms. The van der Waals surface area contributed by atoms with Gasteiger partial charge in [-0.3, -0.25) is 0 Å². The highest BCUT2D eigenvalue weighted by Gasteiger charge is 2.13. The Morgan fingerprint density at radius 3 is 1.96 bits per heavy atom. The van der Waals surface area contributed by atoms with E-state index in [1.165, 1.54) is 0 Å². The predicted octanol–water partition coefficient (Wildman–Crippen LogP) is 5.10. The molecule has 1 aromatic heterocycles. The fraction of sp³-hybridized carbons (Fsp3) is 0.200. The summed E-state index contributed by atoms with van der Waals surface area (Å²) in [6, 6.07) is 22.0. The molecular weight excluding hydrogens is 296 g/mol. The number of anilines is 3. The van der Waals surface area contributed by atoms with Gasteiger partial charge < -0.3 is 10.6 Å². The third-order valence-corrected chi connectivity index (χ3v) is 3.31. The van der Waals surface area contributed by atoms with Crippen molar-refractivity contribution < 1.29 is 0 Å². The lowest BCUT2D eigenvalue weighted by Crippen LogP contribution is -2.26. The van der Waals surface area contributed by atoms with Crippen molar-refractivity contribution in [1.82, 2.24) is 9.97 Å². The van der Waals surface area contributed by atoms with Crippen LogP contribution >= 0.6 is 0 Å². The SMILES string of the molecule is CC(C)(C)Nc1cc(Nc2ccccc2)nc(-c2ccccc2)n1. The van der Waals surface area contributed by atoms with Crippen LogP contribution in [0.15, 0.2) is 66.7 Å². The molecule has 0 unspecified atom stereocenters. The first-order valence-electron chi connectivity index (χ1n) is 8.04. The van der Waals surface area contributed by atoms with Crippen molar-refractivity contribution in [1.29, 1.82) is 0 Å². The van der Waals surface area contributed by atoms with Crippen LogP contribution in [-0.2, 0) is 0 Å². The van der Waals surface area contributed by atoms with Gasteiger partial charge in [0.1, 0.15) is 11.6 Å². The Bertz CT molecular complexity index is 793. The summed E-state index contributed by atoms with van der Waals surface area (Å²) < 4.78 is 0. The molecule has 0 aliphatic carbocycles. The molecule has 0 bridgehead atoms. The highest BCUT2D eigenvalue weighted by molar-refractivity contribution is 5.65. The minimum absolute atomic E-state index is 0.0771. The first-order chi connectivity index (χ1) is 11.5. The van der Waals surface area contributed by atoms with E-state index in [2.05, 4.69) is 41.4 Å². The molecule has 0 fully saturated rings. The van der Waals surface area contributed by atoms with Gasteiger partial charge in [-0.05, 0) is 32.9 Å². The number of nitrogens with zero attached hydrogens (tertiary/aromatic N) is 2. The molecule has 4 nitrogen and oxygen atoms in total. The van der Waals surface area contributed by atoms with Gasteiger partial charge in [-0.1, -0.05) is 48.5 Å². The van der Waals surface area contributed by atoms with Gasteiger partial charge in [-0.15, -0.1) is 0 Å². The first-order valence-corrected chi connectivity index (χ1v) is 8.04. The molecule has 3 aromatic rings. The normalized spacial score (nSPS) is 11.1. The Morgan fingerprint density at radius 2 is 1.33 bits per heavy atom. The summed E-state index contributed by atoms with van der Waals surface area (Å²) in [6.45, 7) is 6.34. The quantitative estimate of drug-likeness (QED) is 0.703. The van der Waals surface area contributed by atoms with E-state index < -0.39 is 0 Å². The minimum atomic E-state index is -0.0771. The van der Waals surface area contributed by atoms with Gasteiger partial charge in [0.15, 0.2) is 5.82 Å². The van der Waals surface area contributed by atoms with Gasteiger partial charge in [-0.2, -0.15) is 0 Å². The third-order valence-electron chi connectivity index (χ3n) is 3.31. The van der Waals surface area contributed by atoms with Crippen molar-refractivity contribution in [2.75, 3.05) is 10.6 Å². The van der Waals surface area contributed by atoms with Crippen molar-refractivity contribution >= 4 is 17.3 Å². The van der Waals surface area contributed by atoms with E-state index in [0.717, 1.165) is 22.9 Å². The highest BCUT2D eigenvalue weighted by atomic mass is 15.1. The molecule has 0 aliphatic heterocycles. The second-order valence-corrected chi connectivity index (χ2v) is 6.69. The number of benzene rings is 2. The molecule has 0 aliphatic rings. The summed E-state index contributed by atoms with van der Waals surface area (Å²) in [5, 5.41) is 6.78. The zero-order valence-corrected chi connectivity index (χ0v) is 14.2. The second kappa shape index (κ2) is 6.71. The zero-order valence-electron chi connectivity index (χ0n) is 14.2. The molecule has 0 radical (unpaired) electrons. The molecule has 122 valence electrons. The van der Waals surface area contributed by atoms with E-state index in [0.29, 0.717) is 5.82 Å². The summed E-state index contributed by atoms with van der Waals surface area (Å²) in [4.78, 5) is 9.34. The molecule has 3 rings (SSSR count). The van der Waals surface area contributed by atoms with Gasteiger partial charge in [0.2, 0.25) is 0 Å². The van der Waals surface area contributed by atoms with E-state index in [1.807, 2.05) is 66.7 Å². The summed E-state index contributed by atoms with van der Waals surface area (Å²) in [5.74, 6) is 2.26. The zero-order chi connectivity index (χ0) is 17.0. The number of nitrogens with one attached hydrogen (secondary N) is 2. The number of hydrogen-bond acceptors (Lipinski definition) is 4. The fourth-order valence-corrected chi connectivity index (χ4v) is 2.35. The Labute approximate surface area is 143 Å². The number of aromatic nitrogens is 2. The fourth-order valence-electron chi connectivity index (χ4n) is 2.35. The number of para-hydroxylation sites is 1. The van der Waals surface area contributed by atoms with Crippen molar-refractivity contribution in [3.8, 4) is 11.4 Å². The second-order valence-electron chi connectivity index (χ2n) is 6.69. The molecule has 24 heavy (non-hydrogen) atoms. The van der Waals surface area contributed by atoms with Crippen LogP contribution in [0.25, 0.3) is 11.4 Å². The van der Waals surface area contributed by atoms with E-state index in [1.54, 1.807) is 0 Å². The Kier molecular flexibility index (Phi) is 4.47. The van der Waals surface area contributed by atoms with E-state index in [-0.39, 0.29) is 5.54 Å². The number of hydrogen-bond donors (Lipinski definition) is 2. The summed E-state index contributed by atoms with van der Waals surface area (Å²) in [6.07, 6.45) is 0. The van der Waals surface area contributed by atoms with Crippen LogP contribution < -0.4 is 10.6 Å². The average Bonchev–Trinajstić information content (AvgIpc) is 2.55. The summed E-state index contributed by atoms with van der Waals surface area (Å²) in [7, 11) is 0. The highest BCUT2D eigenvalue weighted by Crippen LogP contribution is 2.24. The first kappa shape index (κ1) is 16.0. The maximum Gasteiger partial charge on any atom is 0.163 e. The lowest BCUT2D eigenvalue weighted by molar-refractivity contribution is 0.630. The molecule has 0 atom stereocenters. The molecule has 0 spiro atoms. The van der Waals surface area contributed by atoms with Crippen LogP contribution in [-0.4, -0.2) is 15.5 Å². The van der Waals surface area contributed by atoms with E-state index >= 15 is 0 Å². The maximum absolute atomic E-state index is 4.67. The Hall–Kier alpha value is -2.88. The lowest BCUT2D eigenvalue weighted by Gasteiger charge is -2.22. The van der Waals surface area contributed by atoms with Crippen LogP contribution in [0.5, 0.6) is 0 Å². The molecule has 1 heterocycles. The standard InChI is InChI=1S/C20H22N4/c1-20(2,3)24-18-14-17(21-16-12-8-5-9-13-16)22-19(23-18)15-10-6-4-7-11-15/h4-14H,1-3H3,(H2,21,22,23,24). The van der Waals surface area contributed by atoms with Crippen molar-refractivity contribution in [2.45, 2.75) is 26.3 Å². The third kappa shape index (κ3) is 4.32. The monoisotopic (exact) mass is 318 g/mol. The van der Waals surface area contributed by atoms with Crippen LogP contribution in [0.3, 0.4) is 0 Å². The molecule has 2 N–H and O–H groups in total. The van der Waals surface area contributed by atoms with Crippen LogP contribution in [0, 0.1) is 0 Å².